The number of hydrogen-bond acceptors (Lipinski definition) is 5. The molecule has 0 aromatic carbocycles. The third-order valence-corrected chi connectivity index (χ3v) is 4.97. The Morgan fingerprint density at radius 2 is 2.11 bits per heavy atom. The molecule has 0 unspecified atom stereocenters. The lowest BCUT2D eigenvalue weighted by Crippen LogP contribution is -2.53. The molecule has 150 valence electrons. The molecule has 6 nitrogen and oxygen atoms in total. The van der Waals surface area contributed by atoms with Crippen LogP contribution in [-0.4, -0.2) is 54.1 Å². The van der Waals surface area contributed by atoms with E-state index in [0.717, 1.165) is 5.57 Å². The van der Waals surface area contributed by atoms with E-state index in [1.807, 2.05) is 25.7 Å². The van der Waals surface area contributed by atoms with Gasteiger partial charge in [0.2, 0.25) is 5.95 Å². The largest absolute Gasteiger partial charge is 0.408 e. The van der Waals surface area contributed by atoms with Gasteiger partial charge < -0.3 is 14.5 Å². The second-order valence-corrected chi connectivity index (χ2v) is 7.30. The summed E-state index contributed by atoms with van der Waals surface area (Å²) in [6.45, 7) is 7.21. The first kappa shape index (κ1) is 19.7. The van der Waals surface area contributed by atoms with Crippen molar-refractivity contribution in [1.82, 2.24) is 9.55 Å². The number of nitrogens with zero attached hydrogens (tertiary/aromatic N) is 4. The van der Waals surface area contributed by atoms with Crippen LogP contribution in [0.2, 0.25) is 0 Å². The number of alkyl halides is 3. The fraction of sp³-hybridized carbons (Fsp3) is 0.667. The normalized spacial score (nSPS) is 23.2. The molecule has 9 heteroatoms. The van der Waals surface area contributed by atoms with Crippen molar-refractivity contribution in [3.05, 3.63) is 28.1 Å². The van der Waals surface area contributed by atoms with E-state index < -0.39 is 12.2 Å². The lowest BCUT2D eigenvalue weighted by atomic mass is 10.1. The van der Waals surface area contributed by atoms with Crippen molar-refractivity contribution in [3.63, 3.8) is 0 Å². The van der Waals surface area contributed by atoms with Crippen molar-refractivity contribution >= 4 is 11.8 Å². The van der Waals surface area contributed by atoms with Crippen LogP contribution in [0.15, 0.2) is 22.5 Å². The van der Waals surface area contributed by atoms with Crippen LogP contribution >= 0.6 is 0 Å². The molecule has 2 aliphatic rings. The average Bonchev–Trinajstić information content (AvgIpc) is 2.59. The second-order valence-electron chi connectivity index (χ2n) is 7.30. The molecule has 0 aliphatic carbocycles. The summed E-state index contributed by atoms with van der Waals surface area (Å²) < 4.78 is 47.6. The number of aromatic nitrogens is 2. The molecule has 1 aromatic rings. The highest BCUT2D eigenvalue weighted by Gasteiger charge is 2.46. The Morgan fingerprint density at radius 1 is 1.37 bits per heavy atom. The van der Waals surface area contributed by atoms with Gasteiger partial charge in [-0.05, 0) is 27.2 Å². The van der Waals surface area contributed by atoms with Gasteiger partial charge in [0.1, 0.15) is 11.9 Å². The van der Waals surface area contributed by atoms with E-state index >= 15 is 0 Å². The zero-order chi connectivity index (χ0) is 19.8. The van der Waals surface area contributed by atoms with Crippen molar-refractivity contribution < 1.29 is 17.9 Å². The number of fused-ring (bicyclic) bond motifs is 1. The van der Waals surface area contributed by atoms with Crippen LogP contribution < -0.4 is 15.4 Å². The Labute approximate surface area is 156 Å². The first-order valence-electron chi connectivity index (χ1n) is 9.11. The number of allylic oxidation sites excluding steroid dienone is 1. The average molecular weight is 386 g/mol. The van der Waals surface area contributed by atoms with Gasteiger partial charge in [-0.1, -0.05) is 11.6 Å². The first-order chi connectivity index (χ1) is 12.7. The van der Waals surface area contributed by atoms with E-state index in [2.05, 4.69) is 4.98 Å². The number of ether oxygens (including phenoxy) is 1. The Balaban J connectivity index is 2.06. The summed E-state index contributed by atoms with van der Waals surface area (Å²) in [5.74, 6) is 0.495. The predicted octanol–water partition coefficient (Wildman–Crippen LogP) is 2.58. The summed E-state index contributed by atoms with van der Waals surface area (Å²) in [6, 6.07) is -0.238. The van der Waals surface area contributed by atoms with Gasteiger partial charge in [-0.15, -0.1) is 0 Å². The summed E-state index contributed by atoms with van der Waals surface area (Å²) in [6.07, 6.45) is -2.83. The molecular weight excluding hydrogens is 361 g/mol. The van der Waals surface area contributed by atoms with E-state index in [-0.39, 0.29) is 37.1 Å². The van der Waals surface area contributed by atoms with E-state index in [1.54, 1.807) is 6.08 Å². The molecular formula is C18H25F3N4O2. The highest BCUT2D eigenvalue weighted by atomic mass is 19.4. The Bertz CT molecular complexity index is 771. The molecule has 3 heterocycles. The van der Waals surface area contributed by atoms with Gasteiger partial charge in [0.05, 0.1) is 19.3 Å². The molecule has 2 atom stereocenters. The molecule has 0 bridgehead atoms. The van der Waals surface area contributed by atoms with Crippen molar-refractivity contribution in [1.29, 1.82) is 0 Å². The van der Waals surface area contributed by atoms with Crippen LogP contribution in [-0.2, 0) is 11.3 Å². The van der Waals surface area contributed by atoms with E-state index in [0.29, 0.717) is 25.6 Å². The molecule has 2 aliphatic heterocycles. The van der Waals surface area contributed by atoms with E-state index in [4.69, 9.17) is 4.74 Å². The standard InChI is InChI=1S/C18H25F3N4O2/c1-12(2)4-6-24-14(18(19,20)21)5-7-25-16(26)10-15(22-17(24)25)23-8-9-27-11-13(23)3/h4,10,13-14H,5-9,11H2,1-3H3/t13-,14+/m1/s1. The molecule has 0 radical (unpaired) electrons. The van der Waals surface area contributed by atoms with Crippen LogP contribution in [0.25, 0.3) is 0 Å². The molecule has 3 rings (SSSR count). The minimum atomic E-state index is -4.39. The van der Waals surface area contributed by atoms with Crippen LogP contribution in [0.4, 0.5) is 24.9 Å². The van der Waals surface area contributed by atoms with Crippen molar-refractivity contribution in [2.24, 2.45) is 0 Å². The lowest BCUT2D eigenvalue weighted by Gasteiger charge is -2.40. The van der Waals surface area contributed by atoms with Gasteiger partial charge in [0.25, 0.3) is 5.56 Å². The highest BCUT2D eigenvalue weighted by Crippen LogP contribution is 2.34. The molecule has 0 amide bonds. The van der Waals surface area contributed by atoms with E-state index in [9.17, 15) is 18.0 Å². The summed E-state index contributed by atoms with van der Waals surface area (Å²) in [5.41, 5.74) is 0.588. The van der Waals surface area contributed by atoms with Crippen LogP contribution in [0.3, 0.4) is 0 Å². The van der Waals surface area contributed by atoms with Crippen molar-refractivity contribution in [2.75, 3.05) is 36.1 Å². The predicted molar refractivity (Wildman–Crippen MR) is 97.4 cm³/mol. The van der Waals surface area contributed by atoms with Crippen LogP contribution in [0.5, 0.6) is 0 Å². The fourth-order valence-electron chi connectivity index (χ4n) is 3.50. The topological polar surface area (TPSA) is 50.6 Å². The van der Waals surface area contributed by atoms with Gasteiger partial charge in [0, 0.05) is 25.7 Å². The third-order valence-electron chi connectivity index (χ3n) is 4.97. The summed E-state index contributed by atoms with van der Waals surface area (Å²) in [5, 5.41) is 0. The molecule has 0 saturated carbocycles. The maximum atomic E-state index is 13.6. The summed E-state index contributed by atoms with van der Waals surface area (Å²) >= 11 is 0. The highest BCUT2D eigenvalue weighted by molar-refractivity contribution is 5.48. The molecule has 1 fully saturated rings. The zero-order valence-corrected chi connectivity index (χ0v) is 15.8. The maximum absolute atomic E-state index is 13.6. The number of anilines is 2. The van der Waals surface area contributed by atoms with Gasteiger partial charge in [-0.3, -0.25) is 9.36 Å². The number of halogens is 3. The minimum Gasteiger partial charge on any atom is -0.377 e. The molecule has 0 N–H and O–H groups in total. The molecule has 1 aromatic heterocycles. The monoisotopic (exact) mass is 386 g/mol. The van der Waals surface area contributed by atoms with Crippen LogP contribution in [0.1, 0.15) is 27.2 Å². The lowest BCUT2D eigenvalue weighted by molar-refractivity contribution is -0.152. The Kier molecular flexibility index (Phi) is 5.50. The number of morpholine rings is 1. The first-order valence-corrected chi connectivity index (χ1v) is 9.11. The molecule has 27 heavy (non-hydrogen) atoms. The Morgan fingerprint density at radius 3 is 2.74 bits per heavy atom. The van der Waals surface area contributed by atoms with Crippen molar-refractivity contribution in [2.45, 2.75) is 52.0 Å². The molecule has 1 saturated heterocycles. The maximum Gasteiger partial charge on any atom is 0.408 e. The smallest absolute Gasteiger partial charge is 0.377 e. The van der Waals surface area contributed by atoms with Gasteiger partial charge in [-0.25, -0.2) is 0 Å². The van der Waals surface area contributed by atoms with E-state index in [1.165, 1.54) is 15.5 Å². The van der Waals surface area contributed by atoms with Gasteiger partial charge >= 0.3 is 6.18 Å². The van der Waals surface area contributed by atoms with Gasteiger partial charge in [0.15, 0.2) is 0 Å². The zero-order valence-electron chi connectivity index (χ0n) is 15.8. The third kappa shape index (κ3) is 4.12. The molecule has 0 spiro atoms. The minimum absolute atomic E-state index is 0.00179. The van der Waals surface area contributed by atoms with Crippen molar-refractivity contribution in [3.8, 4) is 0 Å². The summed E-state index contributed by atoms with van der Waals surface area (Å²) in [7, 11) is 0. The Hall–Kier alpha value is -2.03. The second kappa shape index (κ2) is 7.53. The quantitative estimate of drug-likeness (QED) is 0.748. The summed E-state index contributed by atoms with van der Waals surface area (Å²) in [4.78, 5) is 20.2. The number of hydrogen-bond donors (Lipinski definition) is 0. The SMILES string of the molecule is CC(C)=CCN1c2nc(N3CCOC[C@H]3C)cc(=O)n2CC[C@H]1C(F)(F)F. The van der Waals surface area contributed by atoms with Crippen LogP contribution in [0, 0.1) is 0 Å². The fourth-order valence-corrected chi connectivity index (χ4v) is 3.50. The van der Waals surface area contributed by atoms with Gasteiger partial charge in [-0.2, -0.15) is 18.2 Å². The number of rotatable bonds is 3.